The van der Waals surface area contributed by atoms with E-state index >= 15 is 0 Å². The second-order valence-corrected chi connectivity index (χ2v) is 7.95. The highest BCUT2D eigenvalue weighted by atomic mass is 16.1. The molecule has 0 radical (unpaired) electrons. The van der Waals surface area contributed by atoms with Crippen LogP contribution in [0.2, 0.25) is 0 Å². The predicted octanol–water partition coefficient (Wildman–Crippen LogP) is 6.27. The van der Waals surface area contributed by atoms with Crippen molar-refractivity contribution in [3.63, 3.8) is 0 Å². The molecule has 0 heterocycles. The first-order chi connectivity index (χ1) is 14.0. The number of aryl methyl sites for hydroxylation is 1. The Morgan fingerprint density at radius 3 is 2.24 bits per heavy atom. The van der Waals surface area contributed by atoms with E-state index in [0.29, 0.717) is 18.1 Å². The van der Waals surface area contributed by atoms with Gasteiger partial charge in [0.15, 0.2) is 0 Å². The van der Waals surface area contributed by atoms with E-state index in [1.807, 2.05) is 12.1 Å². The third-order valence-electron chi connectivity index (χ3n) is 5.70. The van der Waals surface area contributed by atoms with Crippen LogP contribution in [0.15, 0.2) is 54.6 Å². The van der Waals surface area contributed by atoms with E-state index < -0.39 is 0 Å². The highest BCUT2D eigenvalue weighted by Crippen LogP contribution is 2.25. The molecule has 2 aromatic rings. The van der Waals surface area contributed by atoms with Crippen molar-refractivity contribution in [1.82, 2.24) is 5.32 Å². The average Bonchev–Trinajstić information content (AvgIpc) is 2.75. The summed E-state index contributed by atoms with van der Waals surface area (Å²) in [6.07, 6.45) is 6.55. The molecule has 0 aliphatic rings. The van der Waals surface area contributed by atoms with Crippen molar-refractivity contribution >= 4 is 11.6 Å². The second kappa shape index (κ2) is 12.2. The summed E-state index contributed by atoms with van der Waals surface area (Å²) in [7, 11) is 0. The van der Waals surface area contributed by atoms with Crippen LogP contribution in [0, 0.1) is 5.41 Å². The molecule has 0 fully saturated rings. The van der Waals surface area contributed by atoms with Gasteiger partial charge in [-0.2, -0.15) is 0 Å². The summed E-state index contributed by atoms with van der Waals surface area (Å²) in [5.41, 5.74) is 4.21. The van der Waals surface area contributed by atoms with Gasteiger partial charge in [0.2, 0.25) is 5.91 Å². The Kier molecular flexibility index (Phi) is 9.63. The van der Waals surface area contributed by atoms with Crippen LogP contribution in [-0.4, -0.2) is 17.7 Å². The Morgan fingerprint density at radius 2 is 1.66 bits per heavy atom. The third kappa shape index (κ3) is 7.84. The minimum Gasteiger partial charge on any atom is -0.353 e. The molecule has 3 heteroatoms. The number of carbonyl (C=O) groups excluding carboxylic acids is 1. The van der Waals surface area contributed by atoms with E-state index in [1.54, 1.807) is 6.92 Å². The van der Waals surface area contributed by atoms with Crippen molar-refractivity contribution in [2.45, 2.75) is 77.7 Å². The first-order valence-electron chi connectivity index (χ1n) is 11.0. The van der Waals surface area contributed by atoms with Crippen molar-refractivity contribution < 1.29 is 4.79 Å². The molecular weight excluding hydrogens is 356 g/mol. The Hall–Kier alpha value is -2.42. The maximum atomic E-state index is 12.4. The highest BCUT2D eigenvalue weighted by Gasteiger charge is 2.17. The first-order valence-corrected chi connectivity index (χ1v) is 11.0. The largest absolute Gasteiger partial charge is 0.353 e. The smallest absolute Gasteiger partial charge is 0.220 e. The van der Waals surface area contributed by atoms with E-state index in [9.17, 15) is 4.79 Å². The van der Waals surface area contributed by atoms with Crippen LogP contribution >= 0.6 is 0 Å². The normalized spacial score (nSPS) is 12.9. The van der Waals surface area contributed by atoms with Crippen molar-refractivity contribution in [3.8, 4) is 0 Å². The number of nitrogens with one attached hydrogen (secondary N) is 2. The fourth-order valence-corrected chi connectivity index (χ4v) is 3.77. The lowest BCUT2D eigenvalue weighted by Crippen LogP contribution is -2.35. The van der Waals surface area contributed by atoms with Crippen LogP contribution in [0.25, 0.3) is 0 Å². The zero-order chi connectivity index (χ0) is 21.1. The SMILES string of the molecule is CCC(CC(CC)c1ccccc1)NC(=O)CCCCc1ccc(C(C)=N)cc1. The number of benzene rings is 2. The number of rotatable bonds is 12. The topological polar surface area (TPSA) is 53.0 Å². The van der Waals surface area contributed by atoms with Crippen LogP contribution in [0.4, 0.5) is 0 Å². The summed E-state index contributed by atoms with van der Waals surface area (Å²) >= 11 is 0. The molecule has 2 unspecified atom stereocenters. The minimum absolute atomic E-state index is 0.176. The second-order valence-electron chi connectivity index (χ2n) is 7.95. The van der Waals surface area contributed by atoms with Gasteiger partial charge in [0.05, 0.1) is 0 Å². The number of amides is 1. The van der Waals surface area contributed by atoms with Gasteiger partial charge in [-0.1, -0.05) is 68.4 Å². The Labute approximate surface area is 176 Å². The number of hydrogen-bond acceptors (Lipinski definition) is 2. The highest BCUT2D eigenvalue weighted by molar-refractivity contribution is 5.96. The standard InChI is InChI=1S/C26H36N2O/c1-4-22(24-12-7-6-8-13-24)19-25(5-2)28-26(29)14-10-9-11-21-15-17-23(18-16-21)20(3)27/h6-8,12-13,15-18,22,25,27H,4-5,9-11,14,19H2,1-3H3,(H,28,29). The lowest BCUT2D eigenvalue weighted by atomic mass is 9.89. The lowest BCUT2D eigenvalue weighted by molar-refractivity contribution is -0.122. The van der Waals surface area contributed by atoms with Gasteiger partial charge >= 0.3 is 0 Å². The van der Waals surface area contributed by atoms with Crippen LogP contribution in [0.3, 0.4) is 0 Å². The molecule has 0 spiro atoms. The summed E-state index contributed by atoms with van der Waals surface area (Å²) < 4.78 is 0. The Morgan fingerprint density at radius 1 is 0.966 bits per heavy atom. The van der Waals surface area contributed by atoms with E-state index in [1.165, 1.54) is 11.1 Å². The molecule has 0 aliphatic carbocycles. The number of unbranched alkanes of at least 4 members (excludes halogenated alkanes) is 1. The molecule has 2 aromatic carbocycles. The van der Waals surface area contributed by atoms with Crippen molar-refractivity contribution in [1.29, 1.82) is 5.41 Å². The van der Waals surface area contributed by atoms with Crippen LogP contribution < -0.4 is 5.32 Å². The summed E-state index contributed by atoms with van der Waals surface area (Å²) in [6, 6.07) is 19.1. The predicted molar refractivity (Wildman–Crippen MR) is 123 cm³/mol. The molecule has 2 atom stereocenters. The molecule has 156 valence electrons. The monoisotopic (exact) mass is 392 g/mol. The molecule has 0 bridgehead atoms. The zero-order valence-corrected chi connectivity index (χ0v) is 18.2. The molecule has 29 heavy (non-hydrogen) atoms. The van der Waals surface area contributed by atoms with E-state index in [-0.39, 0.29) is 11.9 Å². The summed E-state index contributed by atoms with van der Waals surface area (Å²) in [4.78, 5) is 12.4. The Bertz CT molecular complexity index is 752. The van der Waals surface area contributed by atoms with Crippen LogP contribution in [-0.2, 0) is 11.2 Å². The van der Waals surface area contributed by atoms with E-state index in [2.05, 4.69) is 61.6 Å². The van der Waals surface area contributed by atoms with Gasteiger partial charge in [-0.25, -0.2) is 0 Å². The summed E-state index contributed by atoms with van der Waals surface area (Å²) in [5.74, 6) is 0.670. The van der Waals surface area contributed by atoms with E-state index in [0.717, 1.165) is 44.1 Å². The zero-order valence-electron chi connectivity index (χ0n) is 18.2. The minimum atomic E-state index is 0.176. The van der Waals surface area contributed by atoms with Crippen molar-refractivity contribution in [3.05, 3.63) is 71.3 Å². The van der Waals surface area contributed by atoms with Gasteiger partial charge < -0.3 is 10.7 Å². The van der Waals surface area contributed by atoms with Crippen molar-refractivity contribution in [2.24, 2.45) is 0 Å². The fourth-order valence-electron chi connectivity index (χ4n) is 3.77. The quantitative estimate of drug-likeness (QED) is 0.325. The molecule has 3 nitrogen and oxygen atoms in total. The third-order valence-corrected chi connectivity index (χ3v) is 5.70. The van der Waals surface area contributed by atoms with Gasteiger partial charge in [0.1, 0.15) is 0 Å². The van der Waals surface area contributed by atoms with Crippen LogP contribution in [0.5, 0.6) is 0 Å². The van der Waals surface area contributed by atoms with Gasteiger partial charge in [-0.05, 0) is 68.1 Å². The number of hydrogen-bond donors (Lipinski definition) is 2. The molecular formula is C26H36N2O. The first kappa shape index (κ1) is 22.9. The summed E-state index contributed by atoms with van der Waals surface area (Å²) in [6.45, 7) is 6.18. The number of carbonyl (C=O) groups is 1. The van der Waals surface area contributed by atoms with Crippen molar-refractivity contribution in [2.75, 3.05) is 0 Å². The molecule has 0 aromatic heterocycles. The van der Waals surface area contributed by atoms with Gasteiger partial charge in [-0.3, -0.25) is 4.79 Å². The Balaban J connectivity index is 1.73. The van der Waals surface area contributed by atoms with Gasteiger partial charge in [0.25, 0.3) is 0 Å². The molecule has 0 saturated carbocycles. The molecule has 0 aliphatic heterocycles. The van der Waals surface area contributed by atoms with E-state index in [4.69, 9.17) is 5.41 Å². The summed E-state index contributed by atoms with van der Waals surface area (Å²) in [5, 5.41) is 10.9. The maximum absolute atomic E-state index is 12.4. The van der Waals surface area contributed by atoms with Gasteiger partial charge in [0, 0.05) is 18.2 Å². The van der Waals surface area contributed by atoms with Crippen LogP contribution in [0.1, 0.15) is 81.9 Å². The average molecular weight is 393 g/mol. The maximum Gasteiger partial charge on any atom is 0.220 e. The lowest BCUT2D eigenvalue weighted by Gasteiger charge is -2.23. The fraction of sp³-hybridized carbons (Fsp3) is 0.462. The molecule has 1 amide bonds. The molecule has 0 saturated heterocycles. The molecule has 2 rings (SSSR count). The van der Waals surface area contributed by atoms with Gasteiger partial charge in [-0.15, -0.1) is 0 Å². The molecule has 2 N–H and O–H groups in total.